The van der Waals surface area contributed by atoms with Crippen molar-refractivity contribution in [2.45, 2.75) is 40.8 Å². The molecule has 2 unspecified atom stereocenters. The fourth-order valence-corrected chi connectivity index (χ4v) is 7.32. The third-order valence-electron chi connectivity index (χ3n) is 5.39. The van der Waals surface area contributed by atoms with Crippen molar-refractivity contribution in [3.63, 3.8) is 0 Å². The van der Waals surface area contributed by atoms with Crippen LogP contribution in [0, 0.1) is 0 Å². The van der Waals surface area contributed by atoms with Gasteiger partial charge in [0.15, 0.2) is 15.6 Å². The van der Waals surface area contributed by atoms with Gasteiger partial charge in [0.1, 0.15) is 11.1 Å². The van der Waals surface area contributed by atoms with Gasteiger partial charge in [-0.3, -0.25) is 14.5 Å². The Bertz CT molecular complexity index is 1150. The number of β-lactam (4-membered cyclic amide) rings is 1. The van der Waals surface area contributed by atoms with Gasteiger partial charge >= 0.3 is 11.9 Å². The summed E-state index contributed by atoms with van der Waals surface area (Å²) in [6.45, 7) is 2.15. The average Bonchev–Trinajstić information content (AvgIpc) is 3.31. The Morgan fingerprint density at radius 1 is 1.43 bits per heavy atom. The smallest absolute Gasteiger partial charge is 0.353 e. The largest absolute Gasteiger partial charge is 0.477 e. The van der Waals surface area contributed by atoms with E-state index in [-0.39, 0.29) is 5.70 Å². The van der Waals surface area contributed by atoms with Crippen LogP contribution in [-0.4, -0.2) is 52.9 Å². The number of imidazole rings is 1. The first kappa shape index (κ1) is 20.0. The van der Waals surface area contributed by atoms with Crippen molar-refractivity contribution in [1.82, 2.24) is 14.5 Å². The van der Waals surface area contributed by atoms with Crippen LogP contribution < -0.4 is 0 Å². The zero-order valence-electron chi connectivity index (χ0n) is 15.7. The van der Waals surface area contributed by atoms with Crippen LogP contribution in [0.1, 0.15) is 25.0 Å². The lowest BCUT2D eigenvalue weighted by Crippen LogP contribution is -2.70. The molecule has 4 heterocycles. The fourth-order valence-electron chi connectivity index (χ4n) is 4.05. The summed E-state index contributed by atoms with van der Waals surface area (Å²) >= 11 is 6.46. The number of benzene rings is 1. The number of carboxylic acids is 1. The summed E-state index contributed by atoms with van der Waals surface area (Å²) < 4.78 is 6.52. The van der Waals surface area contributed by atoms with Gasteiger partial charge in [0.2, 0.25) is 0 Å². The van der Waals surface area contributed by atoms with Gasteiger partial charge in [-0.2, -0.15) is 0 Å². The number of aliphatic carboxylic acids is 1. The van der Waals surface area contributed by atoms with Crippen LogP contribution in [0.15, 0.2) is 34.5 Å². The molecular weight excluding hydrogens is 494 g/mol. The second-order valence-corrected chi connectivity index (χ2v) is 10.6. The van der Waals surface area contributed by atoms with Crippen molar-refractivity contribution in [1.29, 1.82) is 0 Å². The Morgan fingerprint density at radius 3 is 2.97 bits per heavy atom. The molecule has 3 atom stereocenters. The van der Waals surface area contributed by atoms with Crippen molar-refractivity contribution in [2.24, 2.45) is 0 Å². The zero-order valence-corrected chi connectivity index (χ0v) is 18.9. The Labute approximate surface area is 188 Å². The van der Waals surface area contributed by atoms with Crippen LogP contribution in [0.3, 0.4) is 0 Å². The summed E-state index contributed by atoms with van der Waals surface area (Å²) in [4.78, 5) is 42.3. The molecule has 3 aliphatic heterocycles. The number of esters is 1. The van der Waals surface area contributed by atoms with Crippen LogP contribution in [0.2, 0.25) is 0 Å². The summed E-state index contributed by atoms with van der Waals surface area (Å²) in [5.74, 6) is -1.10. The zero-order chi connectivity index (χ0) is 21.2. The number of amides is 1. The summed E-state index contributed by atoms with van der Waals surface area (Å²) in [7, 11) is 0. The Morgan fingerprint density at radius 2 is 2.23 bits per heavy atom. The number of carboxylic acid groups (broad SMARTS) is 1. The number of halogens is 1. The number of hydrogen-bond acceptors (Lipinski definition) is 7. The van der Waals surface area contributed by atoms with Gasteiger partial charge < -0.3 is 14.4 Å². The van der Waals surface area contributed by atoms with Crippen molar-refractivity contribution in [2.75, 3.05) is 5.75 Å². The highest BCUT2D eigenvalue weighted by molar-refractivity contribution is 9.10. The number of thioether (sulfide) groups is 2. The number of carbonyl (C=O) groups excluding carboxylic acids is 2. The molecule has 11 heteroatoms. The number of aryl methyl sites for hydroxylation is 1. The maximum absolute atomic E-state index is 13.1. The lowest BCUT2D eigenvalue weighted by Gasteiger charge is -2.51. The lowest BCUT2D eigenvalue weighted by atomic mass is 9.86. The van der Waals surface area contributed by atoms with Gasteiger partial charge in [0.25, 0.3) is 5.91 Å². The molecular formula is C19H16BrN3O5S2. The minimum absolute atomic E-state index is 0.0658. The molecule has 2 aromatic rings. The number of carbonyl (C=O) groups is 3. The van der Waals surface area contributed by atoms with E-state index >= 15 is 0 Å². The quantitative estimate of drug-likeness (QED) is 0.381. The molecule has 8 nitrogen and oxygen atoms in total. The molecule has 5 rings (SSSR count). The van der Waals surface area contributed by atoms with Crippen LogP contribution in [0.5, 0.6) is 0 Å². The molecule has 0 radical (unpaired) electrons. The minimum atomic E-state index is -1.26. The molecule has 3 aliphatic rings. The van der Waals surface area contributed by atoms with Gasteiger partial charge in [-0.05, 0) is 24.1 Å². The Kier molecular flexibility index (Phi) is 4.67. The van der Waals surface area contributed by atoms with E-state index in [1.54, 1.807) is 11.8 Å². The van der Waals surface area contributed by atoms with E-state index in [9.17, 15) is 19.5 Å². The second kappa shape index (κ2) is 7.03. The minimum Gasteiger partial charge on any atom is -0.477 e. The number of alkyl halides is 1. The van der Waals surface area contributed by atoms with Crippen LogP contribution in [-0.2, 0) is 25.7 Å². The predicted molar refractivity (Wildman–Crippen MR) is 115 cm³/mol. The Hall–Kier alpha value is -1.98. The van der Waals surface area contributed by atoms with Crippen LogP contribution in [0.4, 0.5) is 0 Å². The van der Waals surface area contributed by atoms with E-state index in [0.717, 1.165) is 34.9 Å². The van der Waals surface area contributed by atoms with Crippen molar-refractivity contribution >= 4 is 68.3 Å². The first-order valence-corrected chi connectivity index (χ1v) is 12.0. The van der Waals surface area contributed by atoms with E-state index in [1.807, 2.05) is 18.2 Å². The van der Waals surface area contributed by atoms with Crippen molar-refractivity contribution < 1.29 is 24.2 Å². The molecule has 0 aliphatic carbocycles. The molecule has 156 valence electrons. The summed E-state index contributed by atoms with van der Waals surface area (Å²) in [6.07, 6.45) is 0.128. The first-order valence-electron chi connectivity index (χ1n) is 9.24. The third kappa shape index (κ3) is 2.75. The number of rotatable bonds is 4. The maximum Gasteiger partial charge on any atom is 0.353 e. The Balaban J connectivity index is 1.57. The van der Waals surface area contributed by atoms with E-state index in [4.69, 9.17) is 4.74 Å². The van der Waals surface area contributed by atoms with Gasteiger partial charge in [-0.1, -0.05) is 33.8 Å². The average molecular weight is 510 g/mol. The monoisotopic (exact) mass is 509 g/mol. The number of ether oxygens (including phenoxy) is 1. The highest BCUT2D eigenvalue weighted by Crippen LogP contribution is 2.58. The molecule has 1 saturated heterocycles. The summed E-state index contributed by atoms with van der Waals surface area (Å²) in [5, 5.41) is 11.2. The third-order valence-corrected chi connectivity index (χ3v) is 9.14. The molecule has 1 N–H and O–H groups in total. The molecule has 0 saturated carbocycles. The maximum atomic E-state index is 13.1. The van der Waals surface area contributed by atoms with Gasteiger partial charge in [-0.15, -0.1) is 11.8 Å². The van der Waals surface area contributed by atoms with Crippen molar-refractivity contribution in [3.05, 3.63) is 34.9 Å². The topological polar surface area (TPSA) is 102 Å². The molecule has 0 spiro atoms. The molecule has 1 fully saturated rings. The predicted octanol–water partition coefficient (Wildman–Crippen LogP) is 3.11. The van der Waals surface area contributed by atoms with E-state index in [2.05, 4.69) is 25.5 Å². The molecule has 0 bridgehead atoms. The number of fused-ring (bicyclic) bond motifs is 4. The lowest BCUT2D eigenvalue weighted by molar-refractivity contribution is -0.162. The first-order chi connectivity index (χ1) is 14.3. The molecule has 30 heavy (non-hydrogen) atoms. The molecule has 1 amide bonds. The molecule has 1 aromatic carbocycles. The highest BCUT2D eigenvalue weighted by atomic mass is 79.9. The van der Waals surface area contributed by atoms with E-state index < -0.39 is 33.6 Å². The van der Waals surface area contributed by atoms with Crippen LogP contribution >= 0.6 is 39.5 Å². The molecule has 1 aromatic heterocycles. The van der Waals surface area contributed by atoms with Gasteiger partial charge in [0.05, 0.1) is 11.0 Å². The summed E-state index contributed by atoms with van der Waals surface area (Å²) in [5.41, 5.74) is 2.36. The van der Waals surface area contributed by atoms with E-state index in [0.29, 0.717) is 5.56 Å². The standard InChI is InChI=1S/C19H16BrN3O5S2/c1-9(24)28-14(19(20)16(27)23-13(15(25)26)8-30-17(19)23)10-3-4-11-12(7-10)22-5-2-6-29-18(22)21-11/h3-4,7-8,14,17H,2,5-6H2,1H3,(H,25,26)/t14?,17-,19?/m1/s1. The highest BCUT2D eigenvalue weighted by Gasteiger charge is 2.68. The normalized spacial score (nSPS) is 25.9. The van der Waals surface area contributed by atoms with Crippen LogP contribution in [0.25, 0.3) is 11.0 Å². The second-order valence-electron chi connectivity index (χ2n) is 7.23. The van der Waals surface area contributed by atoms with Crippen molar-refractivity contribution in [3.8, 4) is 0 Å². The van der Waals surface area contributed by atoms with E-state index in [1.165, 1.54) is 29.0 Å². The van der Waals surface area contributed by atoms with Gasteiger partial charge in [-0.25, -0.2) is 9.78 Å². The van der Waals surface area contributed by atoms with Gasteiger partial charge in [0, 0.05) is 24.6 Å². The summed E-state index contributed by atoms with van der Waals surface area (Å²) in [6, 6.07) is 5.59. The SMILES string of the molecule is CC(=O)OC(c1ccc2nc3n(c2c1)CCCS3)C1(Br)C(=O)N2C(C(=O)O)=CS[C@@H]21. The number of hydrogen-bond donors (Lipinski definition) is 1. The number of aromatic nitrogens is 2. The number of nitrogens with zero attached hydrogens (tertiary/aromatic N) is 3. The fraction of sp³-hybridized carbons (Fsp3) is 0.368.